The standard InChI is InChI=1S/C16H21N3O/c1-20-12-16(14-7-8-14)18-15-9-17-19(11-15)10-13-5-3-2-4-6-13/h2-6,9,11,14,16,18H,7-8,10,12H2,1H3. The summed E-state index contributed by atoms with van der Waals surface area (Å²) in [6.45, 7) is 1.56. The van der Waals surface area contributed by atoms with Gasteiger partial charge in [-0.2, -0.15) is 5.10 Å². The lowest BCUT2D eigenvalue weighted by molar-refractivity contribution is 0.179. The van der Waals surface area contributed by atoms with Crippen molar-refractivity contribution in [3.8, 4) is 0 Å². The summed E-state index contributed by atoms with van der Waals surface area (Å²) in [5.74, 6) is 0.757. The van der Waals surface area contributed by atoms with Crippen LogP contribution >= 0.6 is 0 Å². The Balaban J connectivity index is 1.61. The van der Waals surface area contributed by atoms with E-state index in [0.29, 0.717) is 6.04 Å². The number of hydrogen-bond donors (Lipinski definition) is 1. The van der Waals surface area contributed by atoms with Gasteiger partial charge in [-0.3, -0.25) is 4.68 Å². The maximum Gasteiger partial charge on any atom is 0.0729 e. The summed E-state index contributed by atoms with van der Waals surface area (Å²) in [5.41, 5.74) is 2.34. The van der Waals surface area contributed by atoms with Gasteiger partial charge in [0.15, 0.2) is 0 Å². The Bertz CT molecular complexity index is 534. The third-order valence-corrected chi connectivity index (χ3v) is 3.71. The summed E-state index contributed by atoms with van der Waals surface area (Å²) >= 11 is 0. The number of ether oxygens (including phenoxy) is 1. The third-order valence-electron chi connectivity index (χ3n) is 3.71. The summed E-state index contributed by atoms with van der Waals surface area (Å²) in [7, 11) is 1.76. The number of anilines is 1. The van der Waals surface area contributed by atoms with Crippen molar-refractivity contribution >= 4 is 5.69 Å². The molecular formula is C16H21N3O. The Labute approximate surface area is 119 Å². The zero-order valence-corrected chi connectivity index (χ0v) is 11.8. The summed E-state index contributed by atoms with van der Waals surface area (Å²) < 4.78 is 7.26. The van der Waals surface area contributed by atoms with Gasteiger partial charge in [0.2, 0.25) is 0 Å². The number of rotatable bonds is 7. The minimum atomic E-state index is 0.411. The molecule has 3 rings (SSSR count). The molecule has 2 aromatic rings. The number of benzene rings is 1. The monoisotopic (exact) mass is 271 g/mol. The van der Waals surface area contributed by atoms with Gasteiger partial charge < -0.3 is 10.1 Å². The Morgan fingerprint density at radius 3 is 2.85 bits per heavy atom. The van der Waals surface area contributed by atoms with Crippen LogP contribution in [-0.2, 0) is 11.3 Å². The summed E-state index contributed by atoms with van der Waals surface area (Å²) in [4.78, 5) is 0. The molecule has 0 bridgehead atoms. The van der Waals surface area contributed by atoms with E-state index in [0.717, 1.165) is 24.8 Å². The van der Waals surface area contributed by atoms with E-state index in [4.69, 9.17) is 4.74 Å². The average molecular weight is 271 g/mol. The number of methoxy groups -OCH3 is 1. The van der Waals surface area contributed by atoms with E-state index in [1.165, 1.54) is 18.4 Å². The van der Waals surface area contributed by atoms with E-state index in [9.17, 15) is 0 Å². The number of aromatic nitrogens is 2. The largest absolute Gasteiger partial charge is 0.383 e. The first-order valence-electron chi connectivity index (χ1n) is 7.17. The zero-order chi connectivity index (χ0) is 13.8. The normalized spacial score (nSPS) is 16.1. The van der Waals surface area contributed by atoms with Crippen molar-refractivity contribution in [1.82, 2.24) is 9.78 Å². The van der Waals surface area contributed by atoms with Crippen LogP contribution in [0.2, 0.25) is 0 Å². The van der Waals surface area contributed by atoms with Gasteiger partial charge in [-0.25, -0.2) is 0 Å². The van der Waals surface area contributed by atoms with Crippen molar-refractivity contribution in [2.24, 2.45) is 5.92 Å². The number of nitrogens with one attached hydrogen (secondary N) is 1. The van der Waals surface area contributed by atoms with Crippen LogP contribution in [0.4, 0.5) is 5.69 Å². The molecule has 1 saturated carbocycles. The Morgan fingerprint density at radius 1 is 1.35 bits per heavy atom. The highest BCUT2D eigenvalue weighted by molar-refractivity contribution is 5.40. The lowest BCUT2D eigenvalue weighted by Gasteiger charge is -2.16. The van der Waals surface area contributed by atoms with Crippen LogP contribution in [0.15, 0.2) is 42.7 Å². The highest BCUT2D eigenvalue weighted by Crippen LogP contribution is 2.34. The van der Waals surface area contributed by atoms with Gasteiger partial charge >= 0.3 is 0 Å². The lowest BCUT2D eigenvalue weighted by atomic mass is 10.2. The molecule has 1 fully saturated rings. The third kappa shape index (κ3) is 3.39. The van der Waals surface area contributed by atoms with Gasteiger partial charge in [-0.1, -0.05) is 30.3 Å². The van der Waals surface area contributed by atoms with Crippen LogP contribution < -0.4 is 5.32 Å². The van der Waals surface area contributed by atoms with Crippen LogP contribution in [-0.4, -0.2) is 29.5 Å². The molecule has 0 saturated heterocycles. The lowest BCUT2D eigenvalue weighted by Crippen LogP contribution is -2.26. The fraction of sp³-hybridized carbons (Fsp3) is 0.438. The van der Waals surface area contributed by atoms with E-state index in [1.54, 1.807) is 7.11 Å². The molecule has 0 spiro atoms. The van der Waals surface area contributed by atoms with E-state index >= 15 is 0 Å². The quantitative estimate of drug-likeness (QED) is 0.841. The number of hydrogen-bond acceptors (Lipinski definition) is 3. The van der Waals surface area contributed by atoms with E-state index in [1.807, 2.05) is 16.9 Å². The molecule has 20 heavy (non-hydrogen) atoms. The van der Waals surface area contributed by atoms with Gasteiger partial charge in [-0.05, 0) is 24.3 Å². The minimum Gasteiger partial charge on any atom is -0.383 e. The topological polar surface area (TPSA) is 39.1 Å². The molecule has 4 nitrogen and oxygen atoms in total. The van der Waals surface area contributed by atoms with Crippen molar-refractivity contribution < 1.29 is 4.74 Å². The average Bonchev–Trinajstić information content (AvgIpc) is 3.22. The predicted molar refractivity (Wildman–Crippen MR) is 79.8 cm³/mol. The van der Waals surface area contributed by atoms with Gasteiger partial charge in [0.25, 0.3) is 0 Å². The maximum atomic E-state index is 5.29. The van der Waals surface area contributed by atoms with Crippen LogP contribution in [0.25, 0.3) is 0 Å². The molecule has 0 radical (unpaired) electrons. The van der Waals surface area contributed by atoms with Crippen LogP contribution in [0, 0.1) is 5.92 Å². The van der Waals surface area contributed by atoms with Gasteiger partial charge in [0.05, 0.1) is 31.1 Å². The van der Waals surface area contributed by atoms with Crippen molar-refractivity contribution in [3.63, 3.8) is 0 Å². The van der Waals surface area contributed by atoms with Crippen molar-refractivity contribution in [1.29, 1.82) is 0 Å². The molecule has 1 aromatic heterocycles. The fourth-order valence-electron chi connectivity index (χ4n) is 2.48. The fourth-order valence-corrected chi connectivity index (χ4v) is 2.48. The van der Waals surface area contributed by atoms with Crippen molar-refractivity contribution in [2.75, 3.05) is 19.0 Å². The molecule has 1 heterocycles. The zero-order valence-electron chi connectivity index (χ0n) is 11.8. The van der Waals surface area contributed by atoms with Crippen LogP contribution in [0.1, 0.15) is 18.4 Å². The smallest absolute Gasteiger partial charge is 0.0729 e. The highest BCUT2D eigenvalue weighted by atomic mass is 16.5. The molecule has 4 heteroatoms. The van der Waals surface area contributed by atoms with Gasteiger partial charge in [0, 0.05) is 13.3 Å². The highest BCUT2D eigenvalue weighted by Gasteiger charge is 2.31. The van der Waals surface area contributed by atoms with E-state index in [-0.39, 0.29) is 0 Å². The van der Waals surface area contributed by atoms with Crippen molar-refractivity contribution in [2.45, 2.75) is 25.4 Å². The van der Waals surface area contributed by atoms with Gasteiger partial charge in [0.1, 0.15) is 0 Å². The molecule has 1 unspecified atom stereocenters. The van der Waals surface area contributed by atoms with Gasteiger partial charge in [-0.15, -0.1) is 0 Å². The van der Waals surface area contributed by atoms with E-state index in [2.05, 4.69) is 40.9 Å². The SMILES string of the molecule is COCC(Nc1cnn(Cc2ccccc2)c1)C1CC1. The second-order valence-corrected chi connectivity index (χ2v) is 5.46. The molecular weight excluding hydrogens is 250 g/mol. The Morgan fingerprint density at radius 2 is 2.15 bits per heavy atom. The molecule has 1 aliphatic rings. The second kappa shape index (κ2) is 6.09. The van der Waals surface area contributed by atoms with Crippen molar-refractivity contribution in [3.05, 3.63) is 48.3 Å². The molecule has 1 N–H and O–H groups in total. The molecule has 0 amide bonds. The molecule has 1 aliphatic carbocycles. The van der Waals surface area contributed by atoms with E-state index < -0.39 is 0 Å². The first-order chi connectivity index (χ1) is 9.85. The predicted octanol–water partition coefficient (Wildman–Crippen LogP) is 2.77. The minimum absolute atomic E-state index is 0.411. The molecule has 1 atom stereocenters. The number of nitrogens with zero attached hydrogens (tertiary/aromatic N) is 2. The first-order valence-corrected chi connectivity index (χ1v) is 7.17. The summed E-state index contributed by atoms with van der Waals surface area (Å²) in [5, 5.41) is 7.96. The Hall–Kier alpha value is -1.81. The second-order valence-electron chi connectivity index (χ2n) is 5.46. The molecule has 1 aromatic carbocycles. The molecule has 0 aliphatic heterocycles. The summed E-state index contributed by atoms with van der Waals surface area (Å²) in [6, 6.07) is 10.8. The maximum absolute atomic E-state index is 5.29. The molecule has 106 valence electrons. The summed E-state index contributed by atoms with van der Waals surface area (Å²) in [6.07, 6.45) is 6.57. The Kier molecular flexibility index (Phi) is 4.02. The van der Waals surface area contributed by atoms with Crippen LogP contribution in [0.5, 0.6) is 0 Å². The first kappa shape index (κ1) is 13.2. The van der Waals surface area contributed by atoms with Crippen LogP contribution in [0.3, 0.4) is 0 Å².